The minimum Gasteiger partial charge on any atom is -0.448 e. The van der Waals surface area contributed by atoms with Crippen LogP contribution >= 0.6 is 11.8 Å². The molecule has 0 aliphatic carbocycles. The minimum absolute atomic E-state index is 0.329. The number of nitrogens with one attached hydrogen (secondary N) is 1. The van der Waals surface area contributed by atoms with Gasteiger partial charge in [-0.05, 0) is 12.3 Å². The van der Waals surface area contributed by atoms with Gasteiger partial charge in [-0.25, -0.2) is 0 Å². The monoisotopic (exact) mass is 322 g/mol. The molecular formula is C17H14N4OS. The number of ether oxygens (including phenoxy) is 1. The van der Waals surface area contributed by atoms with Gasteiger partial charge in [0.2, 0.25) is 11.0 Å². The van der Waals surface area contributed by atoms with Gasteiger partial charge in [0.05, 0.1) is 0 Å². The Balaban J connectivity index is 1.87. The van der Waals surface area contributed by atoms with E-state index in [9.17, 15) is 0 Å². The molecule has 0 spiro atoms. The Morgan fingerprint density at radius 2 is 1.78 bits per heavy atom. The fraction of sp³-hybridized carbons (Fsp3) is 0.118. The smallest absolute Gasteiger partial charge is 0.247 e. The molecule has 5 nitrogen and oxygen atoms in total. The summed E-state index contributed by atoms with van der Waals surface area (Å²) in [7, 11) is 0. The van der Waals surface area contributed by atoms with Gasteiger partial charge in [0.15, 0.2) is 11.9 Å². The summed E-state index contributed by atoms with van der Waals surface area (Å²) in [5.41, 5.74) is 3.57. The zero-order valence-electron chi connectivity index (χ0n) is 12.4. The number of para-hydroxylation sites is 1. The van der Waals surface area contributed by atoms with Gasteiger partial charge >= 0.3 is 0 Å². The van der Waals surface area contributed by atoms with E-state index in [0.29, 0.717) is 16.7 Å². The van der Waals surface area contributed by atoms with Crippen molar-refractivity contribution < 1.29 is 4.74 Å². The molecule has 2 aromatic carbocycles. The normalized spacial score (nSPS) is 15.6. The van der Waals surface area contributed by atoms with Gasteiger partial charge < -0.3 is 10.1 Å². The molecular weight excluding hydrogens is 308 g/mol. The van der Waals surface area contributed by atoms with Crippen LogP contribution in [0.1, 0.15) is 11.8 Å². The number of nitrogens with zero attached hydrogens (tertiary/aromatic N) is 3. The van der Waals surface area contributed by atoms with Crippen molar-refractivity contribution in [2.45, 2.75) is 11.4 Å². The molecule has 0 unspecified atom stereocenters. The molecule has 0 saturated heterocycles. The Morgan fingerprint density at radius 1 is 1.00 bits per heavy atom. The van der Waals surface area contributed by atoms with Gasteiger partial charge in [0.25, 0.3) is 0 Å². The quantitative estimate of drug-likeness (QED) is 0.725. The van der Waals surface area contributed by atoms with Crippen molar-refractivity contribution in [3.63, 3.8) is 0 Å². The lowest BCUT2D eigenvalue weighted by atomic mass is 10.1. The van der Waals surface area contributed by atoms with Crippen molar-refractivity contribution in [1.29, 1.82) is 0 Å². The number of fused-ring (bicyclic) bond motifs is 3. The number of rotatable bonds is 2. The van der Waals surface area contributed by atoms with Crippen LogP contribution in [0, 0.1) is 0 Å². The molecule has 23 heavy (non-hydrogen) atoms. The second-order valence-electron chi connectivity index (χ2n) is 5.05. The minimum atomic E-state index is -0.329. The highest BCUT2D eigenvalue weighted by Crippen LogP contribution is 2.39. The Kier molecular flexibility index (Phi) is 3.59. The topological polar surface area (TPSA) is 59.9 Å². The molecule has 2 heterocycles. The molecule has 0 amide bonds. The van der Waals surface area contributed by atoms with Crippen LogP contribution in [0.15, 0.2) is 59.8 Å². The molecule has 1 atom stereocenters. The van der Waals surface area contributed by atoms with Crippen LogP contribution in [0.4, 0.5) is 5.69 Å². The third-order valence-electron chi connectivity index (χ3n) is 3.62. The second kappa shape index (κ2) is 5.89. The molecule has 1 N–H and O–H groups in total. The lowest BCUT2D eigenvalue weighted by Crippen LogP contribution is -2.17. The third kappa shape index (κ3) is 2.61. The fourth-order valence-electron chi connectivity index (χ4n) is 2.51. The molecule has 0 radical (unpaired) electrons. The van der Waals surface area contributed by atoms with Crippen molar-refractivity contribution >= 4 is 17.4 Å². The third-order valence-corrected chi connectivity index (χ3v) is 4.16. The summed E-state index contributed by atoms with van der Waals surface area (Å²) in [6.07, 6.45) is 1.59. The largest absolute Gasteiger partial charge is 0.448 e. The highest BCUT2D eigenvalue weighted by molar-refractivity contribution is 7.98. The zero-order chi connectivity index (χ0) is 15.6. The lowest BCUT2D eigenvalue weighted by Gasteiger charge is -2.19. The average molecular weight is 322 g/mol. The van der Waals surface area contributed by atoms with E-state index >= 15 is 0 Å². The van der Waals surface area contributed by atoms with Gasteiger partial charge in [-0.2, -0.15) is 4.98 Å². The number of anilines is 1. The van der Waals surface area contributed by atoms with Gasteiger partial charge in [0, 0.05) is 16.8 Å². The summed E-state index contributed by atoms with van der Waals surface area (Å²) >= 11 is 1.44. The van der Waals surface area contributed by atoms with Gasteiger partial charge in [-0.1, -0.05) is 60.3 Å². The van der Waals surface area contributed by atoms with Crippen LogP contribution in [-0.4, -0.2) is 21.4 Å². The van der Waals surface area contributed by atoms with Crippen LogP contribution in [0.2, 0.25) is 0 Å². The van der Waals surface area contributed by atoms with Crippen molar-refractivity contribution in [1.82, 2.24) is 15.2 Å². The molecule has 0 fully saturated rings. The number of thioether (sulfide) groups is 1. The molecule has 114 valence electrons. The van der Waals surface area contributed by atoms with E-state index in [-0.39, 0.29) is 6.23 Å². The Morgan fingerprint density at radius 3 is 2.61 bits per heavy atom. The van der Waals surface area contributed by atoms with Crippen molar-refractivity contribution in [3.05, 3.63) is 60.2 Å². The SMILES string of the molecule is CSc1nnc2c(n1)O[C@@H](c1ccccc1)Nc1ccccc1-2. The van der Waals surface area contributed by atoms with E-state index in [4.69, 9.17) is 4.74 Å². The van der Waals surface area contributed by atoms with Gasteiger partial charge in [-0.3, -0.25) is 0 Å². The van der Waals surface area contributed by atoms with E-state index in [0.717, 1.165) is 16.8 Å². The van der Waals surface area contributed by atoms with E-state index in [1.807, 2.05) is 60.9 Å². The zero-order valence-corrected chi connectivity index (χ0v) is 13.2. The average Bonchev–Trinajstić information content (AvgIpc) is 2.78. The van der Waals surface area contributed by atoms with Crippen molar-refractivity contribution in [3.8, 4) is 17.1 Å². The molecule has 4 rings (SSSR count). The number of aromatic nitrogens is 3. The first kappa shape index (κ1) is 14.0. The molecule has 1 aliphatic rings. The first-order valence-electron chi connectivity index (χ1n) is 7.21. The summed E-state index contributed by atoms with van der Waals surface area (Å²) < 4.78 is 6.13. The summed E-state index contributed by atoms with van der Waals surface area (Å²) in [5, 5.41) is 12.5. The Hall–Kier alpha value is -2.60. The highest BCUT2D eigenvalue weighted by atomic mass is 32.2. The van der Waals surface area contributed by atoms with E-state index in [1.54, 1.807) is 0 Å². The first-order valence-corrected chi connectivity index (χ1v) is 8.44. The molecule has 0 bridgehead atoms. The van der Waals surface area contributed by atoms with Crippen LogP contribution < -0.4 is 10.1 Å². The maximum atomic E-state index is 6.13. The molecule has 6 heteroatoms. The molecule has 1 aromatic heterocycles. The molecule has 1 aliphatic heterocycles. The Bertz CT molecular complexity index is 841. The van der Waals surface area contributed by atoms with E-state index in [1.165, 1.54) is 11.8 Å². The number of hydrogen-bond donors (Lipinski definition) is 1. The molecule has 0 saturated carbocycles. The maximum Gasteiger partial charge on any atom is 0.247 e. The van der Waals surface area contributed by atoms with Gasteiger partial charge in [-0.15, -0.1) is 10.2 Å². The summed E-state index contributed by atoms with van der Waals surface area (Å²) in [6, 6.07) is 18.0. The standard InChI is InChI=1S/C17H14N4OS/c1-23-17-19-16-14(20-21-17)12-9-5-6-10-13(12)18-15(22-16)11-7-3-2-4-8-11/h2-10,15,18H,1H3/t15-/m0/s1. The summed E-state index contributed by atoms with van der Waals surface area (Å²) in [5.74, 6) is 0.496. The fourth-order valence-corrected chi connectivity index (χ4v) is 2.81. The van der Waals surface area contributed by atoms with Crippen molar-refractivity contribution in [2.24, 2.45) is 0 Å². The lowest BCUT2D eigenvalue weighted by molar-refractivity contribution is 0.225. The van der Waals surface area contributed by atoms with Crippen molar-refractivity contribution in [2.75, 3.05) is 11.6 Å². The summed E-state index contributed by atoms with van der Waals surface area (Å²) in [4.78, 5) is 4.49. The van der Waals surface area contributed by atoms with Crippen LogP contribution in [-0.2, 0) is 0 Å². The van der Waals surface area contributed by atoms with E-state index < -0.39 is 0 Å². The van der Waals surface area contributed by atoms with Crippen LogP contribution in [0.5, 0.6) is 5.88 Å². The maximum absolute atomic E-state index is 6.13. The Labute approximate surface area is 138 Å². The van der Waals surface area contributed by atoms with E-state index in [2.05, 4.69) is 20.5 Å². The number of hydrogen-bond acceptors (Lipinski definition) is 6. The number of benzene rings is 2. The predicted octanol–water partition coefficient (Wildman–Crippen LogP) is 3.76. The summed E-state index contributed by atoms with van der Waals surface area (Å²) in [6.45, 7) is 0. The first-order chi connectivity index (χ1) is 11.3. The van der Waals surface area contributed by atoms with Gasteiger partial charge in [0.1, 0.15) is 0 Å². The highest BCUT2D eigenvalue weighted by Gasteiger charge is 2.25. The molecule has 3 aromatic rings. The van der Waals surface area contributed by atoms with Crippen LogP contribution in [0.25, 0.3) is 11.3 Å². The predicted molar refractivity (Wildman–Crippen MR) is 90.5 cm³/mol. The van der Waals surface area contributed by atoms with Crippen LogP contribution in [0.3, 0.4) is 0 Å². The second-order valence-corrected chi connectivity index (χ2v) is 5.82.